The molecule has 1 rings (SSSR count). The van der Waals surface area contributed by atoms with Gasteiger partial charge in [-0.15, -0.1) is 0 Å². The summed E-state index contributed by atoms with van der Waals surface area (Å²) in [5, 5.41) is 3.20. The average molecular weight is 398 g/mol. The second-order valence-electron chi connectivity index (χ2n) is 7.02. The van der Waals surface area contributed by atoms with Gasteiger partial charge in [0.25, 0.3) is 0 Å². The van der Waals surface area contributed by atoms with Crippen LogP contribution in [0.4, 0.5) is 4.79 Å². The van der Waals surface area contributed by atoms with E-state index in [0.717, 1.165) is 5.56 Å². The van der Waals surface area contributed by atoms with Crippen LogP contribution in [0.25, 0.3) is 0 Å². The van der Waals surface area contributed by atoms with Crippen molar-refractivity contribution in [2.45, 2.75) is 58.6 Å². The SMILES string of the molecule is COC(=O)C[C@H](CC(=O)C(NC(=O)OC(C)C)C(C)C)c1ccc(Cl)cc1. The van der Waals surface area contributed by atoms with E-state index in [2.05, 4.69) is 5.32 Å². The molecule has 6 nitrogen and oxygen atoms in total. The monoisotopic (exact) mass is 397 g/mol. The Balaban J connectivity index is 2.95. The van der Waals surface area contributed by atoms with Crippen LogP contribution in [0.5, 0.6) is 0 Å². The van der Waals surface area contributed by atoms with Crippen molar-refractivity contribution in [2.75, 3.05) is 7.11 Å². The van der Waals surface area contributed by atoms with Gasteiger partial charge in [0.2, 0.25) is 0 Å². The van der Waals surface area contributed by atoms with E-state index in [-0.39, 0.29) is 36.6 Å². The highest BCUT2D eigenvalue weighted by atomic mass is 35.5. The highest BCUT2D eigenvalue weighted by Gasteiger charge is 2.29. The first-order valence-corrected chi connectivity index (χ1v) is 9.34. The Labute approximate surface area is 165 Å². The van der Waals surface area contributed by atoms with Crippen molar-refractivity contribution in [3.8, 4) is 0 Å². The quantitative estimate of drug-likeness (QED) is 0.634. The molecule has 0 fully saturated rings. The molecule has 0 aliphatic rings. The molecule has 1 N–H and O–H groups in total. The van der Waals surface area contributed by atoms with Crippen LogP contribution < -0.4 is 5.32 Å². The van der Waals surface area contributed by atoms with Crippen LogP contribution in [0.15, 0.2) is 24.3 Å². The lowest BCUT2D eigenvalue weighted by molar-refractivity contribution is -0.141. The molecule has 1 aromatic carbocycles. The Kier molecular flexibility index (Phi) is 9.29. The zero-order valence-electron chi connectivity index (χ0n) is 16.5. The van der Waals surface area contributed by atoms with Crippen molar-refractivity contribution in [1.82, 2.24) is 5.32 Å². The third-order valence-electron chi connectivity index (χ3n) is 4.06. The molecule has 0 bridgehead atoms. The number of hydrogen-bond donors (Lipinski definition) is 1. The standard InChI is InChI=1S/C20H28ClNO5/c1-12(2)19(22-20(25)27-13(3)4)17(23)10-15(11-18(24)26-5)14-6-8-16(21)9-7-14/h6-9,12-13,15,19H,10-11H2,1-5H3,(H,22,25)/t15-,19?/m0/s1. The highest BCUT2D eigenvalue weighted by molar-refractivity contribution is 6.30. The van der Waals surface area contributed by atoms with Gasteiger partial charge in [0, 0.05) is 17.4 Å². The number of Topliss-reactive ketones (excluding diaryl/α,β-unsaturated/α-hetero) is 1. The molecular weight excluding hydrogens is 370 g/mol. The van der Waals surface area contributed by atoms with E-state index in [9.17, 15) is 14.4 Å². The number of hydrogen-bond acceptors (Lipinski definition) is 5. The normalized spacial score (nSPS) is 13.2. The van der Waals surface area contributed by atoms with E-state index in [0.29, 0.717) is 5.02 Å². The minimum absolute atomic E-state index is 0.0606. The average Bonchev–Trinajstić information content (AvgIpc) is 2.58. The number of methoxy groups -OCH3 is 1. The smallest absolute Gasteiger partial charge is 0.407 e. The van der Waals surface area contributed by atoms with Gasteiger partial charge in [-0.3, -0.25) is 9.59 Å². The van der Waals surface area contributed by atoms with Gasteiger partial charge in [0.1, 0.15) is 0 Å². The molecule has 2 atom stereocenters. The van der Waals surface area contributed by atoms with Gasteiger partial charge in [0.15, 0.2) is 5.78 Å². The molecule has 0 spiro atoms. The number of nitrogens with one attached hydrogen (secondary N) is 1. The number of carbonyl (C=O) groups is 3. The lowest BCUT2D eigenvalue weighted by Crippen LogP contribution is -2.45. The number of alkyl carbamates (subject to hydrolysis) is 1. The summed E-state index contributed by atoms with van der Waals surface area (Å²) in [5.41, 5.74) is 0.811. The summed E-state index contributed by atoms with van der Waals surface area (Å²) in [4.78, 5) is 36.6. The molecule has 0 radical (unpaired) electrons. The molecule has 0 heterocycles. The summed E-state index contributed by atoms with van der Waals surface area (Å²) >= 11 is 5.93. The summed E-state index contributed by atoms with van der Waals surface area (Å²) in [7, 11) is 1.31. The number of esters is 1. The Bertz CT molecular complexity index is 642. The van der Waals surface area contributed by atoms with Crippen LogP contribution in [-0.2, 0) is 19.1 Å². The van der Waals surface area contributed by atoms with E-state index < -0.39 is 18.1 Å². The van der Waals surface area contributed by atoms with Crippen molar-refractivity contribution in [3.63, 3.8) is 0 Å². The number of ketones is 1. The zero-order valence-corrected chi connectivity index (χ0v) is 17.2. The number of rotatable bonds is 9. The fourth-order valence-electron chi connectivity index (χ4n) is 2.69. The number of halogens is 1. The second-order valence-corrected chi connectivity index (χ2v) is 7.46. The molecule has 1 aromatic rings. The lowest BCUT2D eigenvalue weighted by Gasteiger charge is -2.24. The topological polar surface area (TPSA) is 81.7 Å². The largest absolute Gasteiger partial charge is 0.469 e. The third-order valence-corrected chi connectivity index (χ3v) is 4.31. The molecule has 0 saturated carbocycles. The summed E-state index contributed by atoms with van der Waals surface area (Å²) in [5.74, 6) is -1.07. The van der Waals surface area contributed by atoms with Crippen molar-refractivity contribution in [1.29, 1.82) is 0 Å². The van der Waals surface area contributed by atoms with Crippen LogP contribution >= 0.6 is 11.6 Å². The minimum atomic E-state index is -0.705. The maximum atomic E-state index is 12.9. The van der Waals surface area contributed by atoms with Crippen LogP contribution in [0.1, 0.15) is 52.0 Å². The summed E-state index contributed by atoms with van der Waals surface area (Å²) < 4.78 is 9.83. The van der Waals surface area contributed by atoms with E-state index in [1.54, 1.807) is 38.1 Å². The van der Waals surface area contributed by atoms with Gasteiger partial charge in [-0.25, -0.2) is 4.79 Å². The Morgan fingerprint density at radius 2 is 1.63 bits per heavy atom. The Morgan fingerprint density at radius 3 is 2.11 bits per heavy atom. The fourth-order valence-corrected chi connectivity index (χ4v) is 2.82. The molecule has 0 aliphatic heterocycles. The van der Waals surface area contributed by atoms with Crippen LogP contribution in [0.2, 0.25) is 5.02 Å². The molecule has 27 heavy (non-hydrogen) atoms. The molecule has 0 aliphatic carbocycles. The first-order valence-electron chi connectivity index (χ1n) is 8.96. The van der Waals surface area contributed by atoms with Gasteiger partial charge >= 0.3 is 12.1 Å². The van der Waals surface area contributed by atoms with Crippen molar-refractivity contribution >= 4 is 29.4 Å². The first-order chi connectivity index (χ1) is 12.6. The molecule has 1 amide bonds. The van der Waals surface area contributed by atoms with Crippen molar-refractivity contribution < 1.29 is 23.9 Å². The Hall–Kier alpha value is -2.08. The number of ether oxygens (including phenoxy) is 2. The molecule has 1 unspecified atom stereocenters. The number of carbonyl (C=O) groups excluding carboxylic acids is 3. The molecular formula is C20H28ClNO5. The van der Waals surface area contributed by atoms with E-state index >= 15 is 0 Å². The maximum Gasteiger partial charge on any atom is 0.407 e. The third kappa shape index (κ3) is 7.99. The number of amides is 1. The van der Waals surface area contributed by atoms with Crippen molar-refractivity contribution in [3.05, 3.63) is 34.9 Å². The fraction of sp³-hybridized carbons (Fsp3) is 0.550. The first kappa shape index (κ1) is 23.0. The van der Waals surface area contributed by atoms with Gasteiger partial charge in [0.05, 0.1) is 25.7 Å². The van der Waals surface area contributed by atoms with Crippen LogP contribution in [-0.4, -0.2) is 37.1 Å². The minimum Gasteiger partial charge on any atom is -0.469 e. The number of benzene rings is 1. The van der Waals surface area contributed by atoms with Gasteiger partial charge in [-0.1, -0.05) is 37.6 Å². The van der Waals surface area contributed by atoms with E-state index in [1.165, 1.54) is 7.11 Å². The van der Waals surface area contributed by atoms with Gasteiger partial charge in [-0.2, -0.15) is 0 Å². The molecule has 150 valence electrons. The summed E-state index contributed by atoms with van der Waals surface area (Å²) in [6.07, 6.45) is -0.769. The highest BCUT2D eigenvalue weighted by Crippen LogP contribution is 2.27. The van der Waals surface area contributed by atoms with Gasteiger partial charge < -0.3 is 14.8 Å². The van der Waals surface area contributed by atoms with E-state index in [4.69, 9.17) is 21.1 Å². The zero-order chi connectivity index (χ0) is 20.6. The van der Waals surface area contributed by atoms with Gasteiger partial charge in [-0.05, 0) is 37.5 Å². The van der Waals surface area contributed by atoms with E-state index in [1.807, 2.05) is 13.8 Å². The Morgan fingerprint density at radius 1 is 1.04 bits per heavy atom. The summed E-state index contributed by atoms with van der Waals surface area (Å²) in [6, 6.07) is 6.29. The maximum absolute atomic E-state index is 12.9. The predicted molar refractivity (Wildman–Crippen MR) is 104 cm³/mol. The molecule has 0 aromatic heterocycles. The van der Waals surface area contributed by atoms with Crippen molar-refractivity contribution in [2.24, 2.45) is 5.92 Å². The predicted octanol–water partition coefficient (Wildman–Crippen LogP) is 4.11. The second kappa shape index (κ2) is 10.9. The van der Waals surface area contributed by atoms with Crippen LogP contribution in [0.3, 0.4) is 0 Å². The molecule has 0 saturated heterocycles. The lowest BCUT2D eigenvalue weighted by atomic mass is 9.86. The molecule has 7 heteroatoms. The summed E-state index contributed by atoms with van der Waals surface area (Å²) in [6.45, 7) is 7.16. The van der Waals surface area contributed by atoms with Crippen LogP contribution in [0, 0.1) is 5.92 Å².